The maximum Gasteiger partial charge on any atom is 0.282 e. The van der Waals surface area contributed by atoms with E-state index in [1.807, 2.05) is 25.1 Å². The SMILES string of the molecule is COc1cc(C)c(-c2nc3ccccc3c(=O)n2N=Cc2cc(OC)c(OCC(=O)Nc3ccc(Cl)cc3)c(OC)c2)cc1C(C)C. The second kappa shape index (κ2) is 14.4. The van der Waals surface area contributed by atoms with E-state index in [1.165, 1.54) is 25.1 Å². The topological polar surface area (TPSA) is 113 Å². The van der Waals surface area contributed by atoms with Crippen molar-refractivity contribution in [1.29, 1.82) is 0 Å². The quantitative estimate of drug-likeness (QED) is 0.152. The van der Waals surface area contributed by atoms with Crippen LogP contribution >= 0.6 is 11.6 Å². The first-order valence-electron chi connectivity index (χ1n) is 14.8. The van der Waals surface area contributed by atoms with Gasteiger partial charge in [0.05, 0.1) is 38.4 Å². The van der Waals surface area contributed by atoms with Crippen LogP contribution in [0.15, 0.2) is 82.7 Å². The fourth-order valence-corrected chi connectivity index (χ4v) is 5.21. The van der Waals surface area contributed by atoms with Crippen LogP contribution in [0.1, 0.15) is 36.5 Å². The number of ether oxygens (including phenoxy) is 4. The second-order valence-electron chi connectivity index (χ2n) is 11.0. The van der Waals surface area contributed by atoms with E-state index in [0.717, 1.165) is 22.4 Å². The summed E-state index contributed by atoms with van der Waals surface area (Å²) in [7, 11) is 4.60. The largest absolute Gasteiger partial charge is 0.496 e. The van der Waals surface area contributed by atoms with Crippen LogP contribution in [0.3, 0.4) is 0 Å². The summed E-state index contributed by atoms with van der Waals surface area (Å²) >= 11 is 5.93. The Morgan fingerprint density at radius 1 is 0.957 bits per heavy atom. The van der Waals surface area contributed by atoms with Crippen LogP contribution in [0.5, 0.6) is 23.0 Å². The summed E-state index contributed by atoms with van der Waals surface area (Å²) in [5, 5.41) is 8.37. The summed E-state index contributed by atoms with van der Waals surface area (Å²) < 4.78 is 23.9. The predicted octanol–water partition coefficient (Wildman–Crippen LogP) is 7.07. The van der Waals surface area contributed by atoms with E-state index in [-0.39, 0.29) is 29.7 Å². The maximum atomic E-state index is 13.9. The zero-order valence-corrected chi connectivity index (χ0v) is 27.7. The highest BCUT2D eigenvalue weighted by molar-refractivity contribution is 6.30. The number of nitrogens with zero attached hydrogens (tertiary/aromatic N) is 3. The Balaban J connectivity index is 1.52. The van der Waals surface area contributed by atoms with Crippen LogP contribution < -0.4 is 29.8 Å². The zero-order chi connectivity index (χ0) is 33.7. The average molecular weight is 655 g/mol. The van der Waals surface area contributed by atoms with Crippen molar-refractivity contribution < 1.29 is 23.7 Å². The van der Waals surface area contributed by atoms with Crippen molar-refractivity contribution in [1.82, 2.24) is 9.66 Å². The third-order valence-electron chi connectivity index (χ3n) is 7.47. The lowest BCUT2D eigenvalue weighted by Crippen LogP contribution is -2.21. The first-order chi connectivity index (χ1) is 22.6. The molecular weight excluding hydrogens is 620 g/mol. The minimum Gasteiger partial charge on any atom is -0.496 e. The number of aromatic nitrogens is 2. The number of carbonyl (C=O) groups is 1. The Morgan fingerprint density at radius 2 is 1.62 bits per heavy atom. The van der Waals surface area contributed by atoms with Crippen molar-refractivity contribution in [2.45, 2.75) is 26.7 Å². The third-order valence-corrected chi connectivity index (χ3v) is 7.73. The molecule has 0 fully saturated rings. The Morgan fingerprint density at radius 3 is 2.26 bits per heavy atom. The lowest BCUT2D eigenvalue weighted by molar-refractivity contribution is -0.118. The van der Waals surface area contributed by atoms with Crippen molar-refractivity contribution >= 4 is 40.3 Å². The highest BCUT2D eigenvalue weighted by atomic mass is 35.5. The van der Waals surface area contributed by atoms with Gasteiger partial charge in [0.25, 0.3) is 11.5 Å². The van der Waals surface area contributed by atoms with Gasteiger partial charge in [-0.25, -0.2) is 4.98 Å². The van der Waals surface area contributed by atoms with Gasteiger partial charge < -0.3 is 24.3 Å². The molecule has 0 saturated heterocycles. The molecule has 0 aliphatic carbocycles. The van der Waals surface area contributed by atoms with Crippen LogP contribution in [0.4, 0.5) is 5.69 Å². The van der Waals surface area contributed by atoms with Crippen LogP contribution in [-0.2, 0) is 4.79 Å². The highest BCUT2D eigenvalue weighted by Crippen LogP contribution is 2.38. The number of amides is 1. The molecule has 0 atom stereocenters. The Kier molecular flexibility index (Phi) is 10.1. The summed E-state index contributed by atoms with van der Waals surface area (Å²) in [5.41, 5.74) is 3.98. The minimum atomic E-state index is -0.382. The van der Waals surface area contributed by atoms with E-state index in [4.69, 9.17) is 35.5 Å². The molecule has 1 N–H and O–H groups in total. The molecule has 5 rings (SSSR count). The van der Waals surface area contributed by atoms with Gasteiger partial charge in [0.2, 0.25) is 5.75 Å². The number of benzene rings is 4. The molecule has 0 spiro atoms. The number of hydrogen-bond donors (Lipinski definition) is 1. The summed E-state index contributed by atoms with van der Waals surface area (Å²) in [6.07, 6.45) is 1.52. The zero-order valence-electron chi connectivity index (χ0n) is 27.0. The number of hydrogen-bond acceptors (Lipinski definition) is 8. The van der Waals surface area contributed by atoms with E-state index in [9.17, 15) is 9.59 Å². The van der Waals surface area contributed by atoms with Gasteiger partial charge in [-0.15, -0.1) is 0 Å². The van der Waals surface area contributed by atoms with Gasteiger partial charge in [0.1, 0.15) is 5.75 Å². The number of methoxy groups -OCH3 is 3. The molecule has 1 aromatic heterocycles. The van der Waals surface area contributed by atoms with Gasteiger partial charge in [0.15, 0.2) is 23.9 Å². The van der Waals surface area contributed by atoms with Crippen LogP contribution in [0, 0.1) is 6.92 Å². The molecule has 0 saturated carbocycles. The molecule has 242 valence electrons. The van der Waals surface area contributed by atoms with E-state index in [0.29, 0.717) is 44.5 Å². The molecule has 10 nitrogen and oxygen atoms in total. The molecule has 0 aliphatic heterocycles. The van der Waals surface area contributed by atoms with Crippen LogP contribution in [0.2, 0.25) is 5.02 Å². The highest BCUT2D eigenvalue weighted by Gasteiger charge is 2.19. The molecule has 0 aliphatic rings. The van der Waals surface area contributed by atoms with E-state index in [2.05, 4.69) is 24.3 Å². The Hall–Kier alpha value is -5.35. The lowest BCUT2D eigenvalue weighted by atomic mass is 9.96. The van der Waals surface area contributed by atoms with Crippen molar-refractivity contribution in [2.75, 3.05) is 33.3 Å². The molecule has 4 aromatic carbocycles. The molecule has 1 amide bonds. The average Bonchev–Trinajstić information content (AvgIpc) is 3.07. The minimum absolute atomic E-state index is 0.164. The molecule has 1 heterocycles. The first-order valence-corrected chi connectivity index (χ1v) is 15.2. The summed E-state index contributed by atoms with van der Waals surface area (Å²) in [5.74, 6) is 1.79. The third kappa shape index (κ3) is 7.23. The molecule has 0 radical (unpaired) electrons. The summed E-state index contributed by atoms with van der Waals surface area (Å²) in [6.45, 7) is 5.80. The Labute approximate surface area is 277 Å². The van der Waals surface area contributed by atoms with Crippen LogP contribution in [-0.4, -0.2) is 49.7 Å². The number of nitrogens with one attached hydrogen (secondary N) is 1. The predicted molar refractivity (Wildman–Crippen MR) is 185 cm³/mol. The summed E-state index contributed by atoms with van der Waals surface area (Å²) in [6, 6.07) is 21.2. The molecule has 11 heteroatoms. The van der Waals surface area contributed by atoms with Gasteiger partial charge in [-0.05, 0) is 84.6 Å². The number of aryl methyl sites for hydroxylation is 1. The fraction of sp³-hybridized carbons (Fsp3) is 0.222. The molecule has 0 unspecified atom stereocenters. The standard InChI is InChI=1S/C36H35ClN4O6/c1-21(2)27-18-28(22(3)15-30(27)44-4)35-40-29-10-8-7-9-26(29)36(43)41(35)38-19-23-16-31(45-5)34(32(17-23)46-6)47-20-33(42)39-25-13-11-24(37)12-14-25/h7-19,21H,20H2,1-6H3,(H,39,42). The molecule has 5 aromatic rings. The van der Waals surface area contributed by atoms with Gasteiger partial charge in [0, 0.05) is 21.8 Å². The van der Waals surface area contributed by atoms with Gasteiger partial charge >= 0.3 is 0 Å². The monoisotopic (exact) mass is 654 g/mol. The smallest absolute Gasteiger partial charge is 0.282 e. The number of para-hydroxylation sites is 1. The normalized spacial score (nSPS) is 11.2. The fourth-order valence-electron chi connectivity index (χ4n) is 5.08. The molecule has 47 heavy (non-hydrogen) atoms. The maximum absolute atomic E-state index is 13.9. The Bertz CT molecular complexity index is 2000. The van der Waals surface area contributed by atoms with Gasteiger partial charge in [-0.3, -0.25) is 9.59 Å². The number of anilines is 1. The van der Waals surface area contributed by atoms with E-state index in [1.54, 1.807) is 61.7 Å². The van der Waals surface area contributed by atoms with E-state index < -0.39 is 0 Å². The molecule has 0 bridgehead atoms. The van der Waals surface area contributed by atoms with Crippen molar-refractivity contribution in [3.8, 4) is 34.4 Å². The van der Waals surface area contributed by atoms with Crippen molar-refractivity contribution in [3.63, 3.8) is 0 Å². The molecular formula is C36H35ClN4O6. The summed E-state index contributed by atoms with van der Waals surface area (Å²) in [4.78, 5) is 31.3. The number of fused-ring (bicyclic) bond motifs is 1. The van der Waals surface area contributed by atoms with Gasteiger partial charge in [-0.2, -0.15) is 9.78 Å². The first kappa shape index (κ1) is 33.0. The van der Waals surface area contributed by atoms with Crippen molar-refractivity contribution in [2.24, 2.45) is 5.10 Å². The lowest BCUT2D eigenvalue weighted by Gasteiger charge is -2.17. The number of rotatable bonds is 11. The number of carbonyl (C=O) groups excluding carboxylic acids is 1. The van der Waals surface area contributed by atoms with Gasteiger partial charge in [-0.1, -0.05) is 37.6 Å². The van der Waals surface area contributed by atoms with Crippen LogP contribution in [0.25, 0.3) is 22.3 Å². The van der Waals surface area contributed by atoms with Crippen molar-refractivity contribution in [3.05, 3.63) is 105 Å². The van der Waals surface area contributed by atoms with E-state index >= 15 is 0 Å². The number of halogens is 1. The second-order valence-corrected chi connectivity index (χ2v) is 11.4.